The van der Waals surface area contributed by atoms with Crippen LogP contribution in [0.2, 0.25) is 0 Å². The lowest BCUT2D eigenvalue weighted by Crippen LogP contribution is -2.12. The van der Waals surface area contributed by atoms with Crippen LogP contribution in [-0.4, -0.2) is 4.98 Å². The van der Waals surface area contributed by atoms with Gasteiger partial charge in [-0.15, -0.1) is 0 Å². The van der Waals surface area contributed by atoms with E-state index in [0.717, 1.165) is 10.0 Å². The molecule has 5 heteroatoms. The minimum absolute atomic E-state index is 0.0539. The second-order valence-electron chi connectivity index (χ2n) is 4.93. The van der Waals surface area contributed by atoms with Crippen LogP contribution >= 0.6 is 15.9 Å². The summed E-state index contributed by atoms with van der Waals surface area (Å²) in [6.45, 7) is 0. The summed E-state index contributed by atoms with van der Waals surface area (Å²) < 4.78 is 14.0. The summed E-state index contributed by atoms with van der Waals surface area (Å²) in [7, 11) is 0. The van der Waals surface area contributed by atoms with E-state index < -0.39 is 5.56 Å². The number of halogens is 2. The van der Waals surface area contributed by atoms with Gasteiger partial charge in [0.15, 0.2) is 0 Å². The van der Waals surface area contributed by atoms with Crippen LogP contribution in [-0.2, 0) is 0 Å². The molecule has 23 heavy (non-hydrogen) atoms. The Bertz CT molecular complexity index is 954. The molecule has 1 N–H and O–H groups in total. The predicted octanol–water partition coefficient (Wildman–Crippen LogP) is 4.48. The largest absolute Gasteiger partial charge is 0.321 e. The Balaban J connectivity index is 2.22. The number of rotatable bonds is 2. The SMILES string of the molecule is N#Cc1c(-c2ccc(Br)cc2)cc(-c2ccc(F)cc2)[nH]c1=O. The first kappa shape index (κ1) is 15.2. The summed E-state index contributed by atoms with van der Waals surface area (Å²) in [5.74, 6) is -0.349. The molecule has 0 amide bonds. The molecule has 0 spiro atoms. The average Bonchev–Trinajstić information content (AvgIpc) is 2.55. The van der Waals surface area contributed by atoms with Gasteiger partial charge in [-0.1, -0.05) is 28.1 Å². The maximum Gasteiger partial charge on any atom is 0.266 e. The normalized spacial score (nSPS) is 10.3. The zero-order chi connectivity index (χ0) is 16.4. The van der Waals surface area contributed by atoms with Gasteiger partial charge in [0.1, 0.15) is 17.4 Å². The van der Waals surface area contributed by atoms with Gasteiger partial charge in [0.05, 0.1) is 0 Å². The molecule has 1 heterocycles. The van der Waals surface area contributed by atoms with Crippen LogP contribution in [0.15, 0.2) is 63.9 Å². The molecule has 0 aliphatic heterocycles. The number of H-pyrrole nitrogens is 1. The fraction of sp³-hybridized carbons (Fsp3) is 0. The van der Waals surface area contributed by atoms with Crippen molar-refractivity contribution >= 4 is 15.9 Å². The van der Waals surface area contributed by atoms with Crippen molar-refractivity contribution in [3.63, 3.8) is 0 Å². The van der Waals surface area contributed by atoms with Crippen molar-refractivity contribution in [1.82, 2.24) is 4.98 Å². The second kappa shape index (κ2) is 6.19. The van der Waals surface area contributed by atoms with E-state index >= 15 is 0 Å². The van der Waals surface area contributed by atoms with Crippen molar-refractivity contribution in [2.24, 2.45) is 0 Å². The summed E-state index contributed by atoms with van der Waals surface area (Å²) in [5, 5.41) is 9.28. The third-order valence-electron chi connectivity index (χ3n) is 3.46. The highest BCUT2D eigenvalue weighted by molar-refractivity contribution is 9.10. The molecule has 112 valence electrons. The first-order valence-electron chi connectivity index (χ1n) is 6.78. The molecule has 0 radical (unpaired) electrons. The van der Waals surface area contributed by atoms with Gasteiger partial charge in [0.25, 0.3) is 5.56 Å². The molecule has 0 atom stereocenters. The van der Waals surface area contributed by atoms with E-state index in [-0.39, 0.29) is 11.4 Å². The molecule has 3 nitrogen and oxygen atoms in total. The minimum atomic E-state index is -0.466. The quantitative estimate of drug-likeness (QED) is 0.724. The second-order valence-corrected chi connectivity index (χ2v) is 5.84. The van der Waals surface area contributed by atoms with Crippen LogP contribution in [0.4, 0.5) is 4.39 Å². The summed E-state index contributed by atoms with van der Waals surface area (Å²) in [4.78, 5) is 14.9. The number of nitrogens with zero attached hydrogens (tertiary/aromatic N) is 1. The monoisotopic (exact) mass is 368 g/mol. The van der Waals surface area contributed by atoms with Crippen molar-refractivity contribution in [1.29, 1.82) is 5.26 Å². The van der Waals surface area contributed by atoms with E-state index in [1.807, 2.05) is 30.3 Å². The van der Waals surface area contributed by atoms with E-state index in [0.29, 0.717) is 16.8 Å². The first-order valence-corrected chi connectivity index (χ1v) is 7.57. The molecular formula is C18H10BrFN2O. The van der Waals surface area contributed by atoms with E-state index in [1.54, 1.807) is 18.2 Å². The van der Waals surface area contributed by atoms with E-state index in [9.17, 15) is 14.4 Å². The van der Waals surface area contributed by atoms with Gasteiger partial charge in [-0.3, -0.25) is 4.79 Å². The Morgan fingerprint density at radius 1 is 1.00 bits per heavy atom. The van der Waals surface area contributed by atoms with E-state index in [2.05, 4.69) is 20.9 Å². The van der Waals surface area contributed by atoms with Crippen LogP contribution in [0, 0.1) is 17.1 Å². The molecule has 0 aliphatic rings. The van der Waals surface area contributed by atoms with Gasteiger partial charge in [0, 0.05) is 15.7 Å². The summed E-state index contributed by atoms with van der Waals surface area (Å²) >= 11 is 3.36. The topological polar surface area (TPSA) is 56.6 Å². The van der Waals surface area contributed by atoms with Crippen LogP contribution in [0.5, 0.6) is 0 Å². The van der Waals surface area contributed by atoms with Crippen LogP contribution in [0.3, 0.4) is 0 Å². The van der Waals surface area contributed by atoms with Crippen molar-refractivity contribution in [2.75, 3.05) is 0 Å². The molecule has 3 rings (SSSR count). The fourth-order valence-corrected chi connectivity index (χ4v) is 2.58. The van der Waals surface area contributed by atoms with Gasteiger partial charge in [-0.05, 0) is 53.6 Å². The molecule has 0 saturated heterocycles. The number of aromatic amines is 1. The van der Waals surface area contributed by atoms with Crippen molar-refractivity contribution in [2.45, 2.75) is 0 Å². The molecule has 0 aliphatic carbocycles. The van der Waals surface area contributed by atoms with Gasteiger partial charge < -0.3 is 4.98 Å². The summed E-state index contributed by atoms with van der Waals surface area (Å²) in [6.07, 6.45) is 0. The van der Waals surface area contributed by atoms with Gasteiger partial charge in [-0.25, -0.2) is 4.39 Å². The zero-order valence-electron chi connectivity index (χ0n) is 11.8. The Morgan fingerprint density at radius 2 is 1.61 bits per heavy atom. The lowest BCUT2D eigenvalue weighted by molar-refractivity contribution is 0.628. The first-order chi connectivity index (χ1) is 11.1. The molecule has 0 saturated carbocycles. The number of pyridine rings is 1. The van der Waals surface area contributed by atoms with E-state index in [4.69, 9.17) is 0 Å². The number of nitrogens with one attached hydrogen (secondary N) is 1. The Kier molecular flexibility index (Phi) is 4.09. The standard InChI is InChI=1S/C18H10BrFN2O/c19-13-5-1-11(2-6-13)15-9-17(22-18(23)16(15)10-21)12-3-7-14(20)8-4-12/h1-9H,(H,22,23). The average molecular weight is 369 g/mol. The molecule has 1 aromatic heterocycles. The highest BCUT2D eigenvalue weighted by Crippen LogP contribution is 2.27. The van der Waals surface area contributed by atoms with Crippen LogP contribution in [0.1, 0.15) is 5.56 Å². The highest BCUT2D eigenvalue weighted by atomic mass is 79.9. The third-order valence-corrected chi connectivity index (χ3v) is 3.98. The van der Waals surface area contributed by atoms with Gasteiger partial charge in [0.2, 0.25) is 0 Å². The lowest BCUT2D eigenvalue weighted by Gasteiger charge is -2.08. The molecule has 0 unspecified atom stereocenters. The molecule has 2 aromatic carbocycles. The van der Waals surface area contributed by atoms with Crippen LogP contribution < -0.4 is 5.56 Å². The molecule has 0 bridgehead atoms. The third kappa shape index (κ3) is 3.08. The maximum absolute atomic E-state index is 13.1. The van der Waals surface area contributed by atoms with Crippen molar-refractivity contribution in [3.05, 3.63) is 80.8 Å². The van der Waals surface area contributed by atoms with Crippen LogP contribution in [0.25, 0.3) is 22.4 Å². The van der Waals surface area contributed by atoms with Gasteiger partial charge >= 0.3 is 0 Å². The molecule has 0 fully saturated rings. The fourth-order valence-electron chi connectivity index (χ4n) is 2.31. The maximum atomic E-state index is 13.1. The number of benzene rings is 2. The van der Waals surface area contributed by atoms with Crippen molar-refractivity contribution < 1.29 is 4.39 Å². The van der Waals surface area contributed by atoms with Crippen molar-refractivity contribution in [3.8, 4) is 28.5 Å². The Morgan fingerprint density at radius 3 is 2.22 bits per heavy atom. The number of aromatic nitrogens is 1. The number of nitriles is 1. The summed E-state index contributed by atoms with van der Waals surface area (Å²) in [6, 6.07) is 16.8. The molecule has 3 aromatic rings. The minimum Gasteiger partial charge on any atom is -0.321 e. The smallest absolute Gasteiger partial charge is 0.266 e. The Labute approximate surface area is 140 Å². The number of hydrogen-bond donors (Lipinski definition) is 1. The highest BCUT2D eigenvalue weighted by Gasteiger charge is 2.12. The molecular weight excluding hydrogens is 359 g/mol. The lowest BCUT2D eigenvalue weighted by atomic mass is 9.99. The Hall–Kier alpha value is -2.71. The summed E-state index contributed by atoms with van der Waals surface area (Å²) in [5.41, 5.74) is 2.10. The number of hydrogen-bond acceptors (Lipinski definition) is 2. The van der Waals surface area contributed by atoms with E-state index in [1.165, 1.54) is 12.1 Å². The van der Waals surface area contributed by atoms with Gasteiger partial charge in [-0.2, -0.15) is 5.26 Å². The zero-order valence-corrected chi connectivity index (χ0v) is 13.4. The predicted molar refractivity (Wildman–Crippen MR) is 90.3 cm³/mol.